The van der Waals surface area contributed by atoms with Crippen molar-refractivity contribution in [3.63, 3.8) is 0 Å². The van der Waals surface area contributed by atoms with Crippen LogP contribution in [0.5, 0.6) is 0 Å². The van der Waals surface area contributed by atoms with Gasteiger partial charge < -0.3 is 5.32 Å². The van der Waals surface area contributed by atoms with Gasteiger partial charge in [0.05, 0.1) is 0 Å². The van der Waals surface area contributed by atoms with Crippen LogP contribution in [0.3, 0.4) is 0 Å². The second-order valence-electron chi connectivity index (χ2n) is 5.61. The lowest BCUT2D eigenvalue weighted by atomic mass is 9.97. The van der Waals surface area contributed by atoms with Crippen LogP contribution in [0.15, 0.2) is 46.0 Å². The third-order valence-corrected chi connectivity index (χ3v) is 7.95. The van der Waals surface area contributed by atoms with Crippen molar-refractivity contribution >= 4 is 55.5 Å². The molecular weight excluding hydrogens is 459 g/mol. The lowest BCUT2D eigenvalue weighted by molar-refractivity contribution is -0.120. The first-order valence-corrected chi connectivity index (χ1v) is 11.0. The van der Waals surface area contributed by atoms with E-state index in [1.165, 1.54) is 15.6 Å². The Bertz CT molecular complexity index is 814. The molecule has 0 bridgehead atoms. The fourth-order valence-electron chi connectivity index (χ4n) is 2.71. The van der Waals surface area contributed by atoms with Gasteiger partial charge in [0, 0.05) is 28.3 Å². The highest BCUT2D eigenvalue weighted by Gasteiger charge is 2.32. The highest BCUT2D eigenvalue weighted by molar-refractivity contribution is 14.1. The van der Waals surface area contributed by atoms with E-state index < -0.39 is 10.0 Å². The standard InChI is InChI=1S/C16H17IN2O3S2/c17-13-3-1-4-14(11-13)18-16(20)12-6-8-19(9-7-12)24(21,22)15-5-2-10-23-15/h1-5,10-12H,6-9H2,(H,18,20). The van der Waals surface area contributed by atoms with E-state index in [0.29, 0.717) is 30.1 Å². The first-order valence-electron chi connectivity index (χ1n) is 7.57. The summed E-state index contributed by atoms with van der Waals surface area (Å²) in [5.41, 5.74) is 0.778. The Morgan fingerprint density at radius 2 is 1.96 bits per heavy atom. The molecular formula is C16H17IN2O3S2. The number of hydrogen-bond donors (Lipinski definition) is 1. The maximum atomic E-state index is 12.5. The Kier molecular flexibility index (Phi) is 5.58. The van der Waals surface area contributed by atoms with Crippen LogP contribution >= 0.6 is 33.9 Å². The van der Waals surface area contributed by atoms with Crippen LogP contribution < -0.4 is 5.32 Å². The predicted octanol–water partition coefficient (Wildman–Crippen LogP) is 3.39. The van der Waals surface area contributed by atoms with Gasteiger partial charge in [-0.1, -0.05) is 12.1 Å². The summed E-state index contributed by atoms with van der Waals surface area (Å²) in [6.45, 7) is 0.759. The average Bonchev–Trinajstić information content (AvgIpc) is 3.10. The molecule has 1 fully saturated rings. The molecule has 1 aliphatic rings. The topological polar surface area (TPSA) is 66.5 Å². The van der Waals surface area contributed by atoms with E-state index in [9.17, 15) is 13.2 Å². The molecule has 8 heteroatoms. The SMILES string of the molecule is O=C(Nc1cccc(I)c1)C1CCN(S(=O)(=O)c2cccs2)CC1. The van der Waals surface area contributed by atoms with E-state index >= 15 is 0 Å². The number of benzene rings is 1. The molecule has 2 heterocycles. The number of sulfonamides is 1. The average molecular weight is 476 g/mol. The van der Waals surface area contributed by atoms with Crippen LogP contribution in [-0.2, 0) is 14.8 Å². The molecule has 0 aliphatic carbocycles. The molecule has 0 unspecified atom stereocenters. The van der Waals surface area contributed by atoms with Gasteiger partial charge in [-0.15, -0.1) is 11.3 Å². The molecule has 0 saturated carbocycles. The highest BCUT2D eigenvalue weighted by Crippen LogP contribution is 2.27. The van der Waals surface area contributed by atoms with Crippen molar-refractivity contribution < 1.29 is 13.2 Å². The number of nitrogens with one attached hydrogen (secondary N) is 1. The number of nitrogens with zero attached hydrogens (tertiary/aromatic N) is 1. The molecule has 24 heavy (non-hydrogen) atoms. The highest BCUT2D eigenvalue weighted by atomic mass is 127. The number of carbonyl (C=O) groups is 1. The Morgan fingerprint density at radius 1 is 1.21 bits per heavy atom. The molecule has 1 amide bonds. The molecule has 3 rings (SSSR count). The summed E-state index contributed by atoms with van der Waals surface area (Å²) in [5.74, 6) is -0.192. The van der Waals surface area contributed by atoms with Crippen molar-refractivity contribution in [2.45, 2.75) is 17.1 Å². The largest absolute Gasteiger partial charge is 0.326 e. The zero-order valence-electron chi connectivity index (χ0n) is 12.8. The molecule has 2 aromatic rings. The van der Waals surface area contributed by atoms with Crippen LogP contribution in [0.4, 0.5) is 5.69 Å². The number of hydrogen-bond acceptors (Lipinski definition) is 4. The monoisotopic (exact) mass is 476 g/mol. The van der Waals surface area contributed by atoms with Crippen LogP contribution in [0, 0.1) is 9.49 Å². The van der Waals surface area contributed by atoms with Crippen molar-refractivity contribution in [3.8, 4) is 0 Å². The van der Waals surface area contributed by atoms with Gasteiger partial charge in [-0.3, -0.25) is 4.79 Å². The fourth-order valence-corrected chi connectivity index (χ4v) is 5.86. The normalized spacial score (nSPS) is 16.9. The fraction of sp³-hybridized carbons (Fsp3) is 0.312. The maximum absolute atomic E-state index is 12.5. The Morgan fingerprint density at radius 3 is 2.58 bits per heavy atom. The molecule has 0 spiro atoms. The van der Waals surface area contributed by atoms with Gasteiger partial charge in [0.1, 0.15) is 4.21 Å². The summed E-state index contributed by atoms with van der Waals surface area (Å²) in [7, 11) is -3.41. The number of piperidine rings is 1. The molecule has 1 aliphatic heterocycles. The molecule has 5 nitrogen and oxygen atoms in total. The summed E-state index contributed by atoms with van der Waals surface area (Å²) >= 11 is 3.42. The zero-order chi connectivity index (χ0) is 17.2. The van der Waals surface area contributed by atoms with Gasteiger partial charge in [0.15, 0.2) is 0 Å². The summed E-state index contributed by atoms with van der Waals surface area (Å²) in [6.07, 6.45) is 1.08. The van der Waals surface area contributed by atoms with Crippen molar-refractivity contribution in [1.82, 2.24) is 4.31 Å². The van der Waals surface area contributed by atoms with E-state index in [4.69, 9.17) is 0 Å². The third-order valence-electron chi connectivity index (χ3n) is 4.01. The Hall–Kier alpha value is -0.970. The summed E-state index contributed by atoms with van der Waals surface area (Å²) < 4.78 is 27.9. The molecule has 0 atom stereocenters. The van der Waals surface area contributed by atoms with E-state index in [1.54, 1.807) is 17.5 Å². The molecule has 0 radical (unpaired) electrons. The molecule has 1 N–H and O–H groups in total. The summed E-state index contributed by atoms with van der Waals surface area (Å²) in [6, 6.07) is 11.0. The summed E-state index contributed by atoms with van der Waals surface area (Å²) in [5, 5.41) is 4.68. The van der Waals surface area contributed by atoms with Crippen LogP contribution in [0.25, 0.3) is 0 Å². The van der Waals surface area contributed by atoms with Gasteiger partial charge in [0.2, 0.25) is 5.91 Å². The number of amides is 1. The number of carbonyl (C=O) groups excluding carboxylic acids is 1. The minimum absolute atomic E-state index is 0.0369. The van der Waals surface area contributed by atoms with Crippen molar-refractivity contribution in [3.05, 3.63) is 45.3 Å². The van der Waals surface area contributed by atoms with E-state index in [1.807, 2.05) is 24.3 Å². The zero-order valence-corrected chi connectivity index (χ0v) is 16.6. The Labute approximate surface area is 159 Å². The van der Waals surface area contributed by atoms with Crippen LogP contribution in [0.1, 0.15) is 12.8 Å². The van der Waals surface area contributed by atoms with Gasteiger partial charge >= 0.3 is 0 Å². The minimum Gasteiger partial charge on any atom is -0.326 e. The van der Waals surface area contributed by atoms with Crippen molar-refractivity contribution in [2.75, 3.05) is 18.4 Å². The van der Waals surface area contributed by atoms with Gasteiger partial charge in [0.25, 0.3) is 10.0 Å². The second-order valence-corrected chi connectivity index (χ2v) is 9.97. The van der Waals surface area contributed by atoms with Gasteiger partial charge in [-0.2, -0.15) is 4.31 Å². The summed E-state index contributed by atoms with van der Waals surface area (Å²) in [4.78, 5) is 12.4. The predicted molar refractivity (Wildman–Crippen MR) is 104 cm³/mol. The first kappa shape index (κ1) is 17.8. The Balaban J connectivity index is 1.60. The first-order chi connectivity index (χ1) is 11.5. The lowest BCUT2D eigenvalue weighted by Gasteiger charge is -2.30. The number of rotatable bonds is 4. The van der Waals surface area contributed by atoms with Crippen LogP contribution in [-0.4, -0.2) is 31.7 Å². The molecule has 1 saturated heterocycles. The lowest BCUT2D eigenvalue weighted by Crippen LogP contribution is -2.41. The second kappa shape index (κ2) is 7.51. The van der Waals surface area contributed by atoms with E-state index in [-0.39, 0.29) is 11.8 Å². The molecule has 128 valence electrons. The van der Waals surface area contributed by atoms with Gasteiger partial charge in [-0.25, -0.2) is 8.42 Å². The van der Waals surface area contributed by atoms with E-state index in [0.717, 1.165) is 9.26 Å². The van der Waals surface area contributed by atoms with Gasteiger partial charge in [-0.05, 0) is 65.1 Å². The quantitative estimate of drug-likeness (QED) is 0.689. The van der Waals surface area contributed by atoms with Crippen LogP contribution in [0.2, 0.25) is 0 Å². The smallest absolute Gasteiger partial charge is 0.252 e. The maximum Gasteiger partial charge on any atom is 0.252 e. The minimum atomic E-state index is -3.41. The molecule has 1 aromatic carbocycles. The number of halogens is 1. The number of anilines is 1. The third kappa shape index (κ3) is 3.98. The number of thiophene rings is 1. The van der Waals surface area contributed by atoms with E-state index in [2.05, 4.69) is 27.9 Å². The molecule has 1 aromatic heterocycles. The van der Waals surface area contributed by atoms with Crippen molar-refractivity contribution in [2.24, 2.45) is 5.92 Å². The van der Waals surface area contributed by atoms with Crippen molar-refractivity contribution in [1.29, 1.82) is 0 Å².